The van der Waals surface area contributed by atoms with Crippen LogP contribution in [0.5, 0.6) is 0 Å². The molecule has 0 saturated heterocycles. The van der Waals surface area contributed by atoms with Crippen molar-refractivity contribution in [3.63, 3.8) is 0 Å². The SMILES string of the molecule is CC[NH+](CC)CCNc1c([N+](=O)[O-])c(=O)n(C)c2ccccc12. The number of nitro groups is 1. The molecule has 124 valence electrons. The average molecular weight is 319 g/mol. The smallest absolute Gasteiger partial charge is 0.357 e. The van der Waals surface area contributed by atoms with Gasteiger partial charge in [-0.1, -0.05) is 18.2 Å². The van der Waals surface area contributed by atoms with Gasteiger partial charge in [-0.25, -0.2) is 0 Å². The lowest BCUT2D eigenvalue weighted by molar-refractivity contribution is -0.894. The molecule has 0 aliphatic carbocycles. The van der Waals surface area contributed by atoms with Gasteiger partial charge >= 0.3 is 11.2 Å². The minimum Gasteiger partial charge on any atom is -0.373 e. The number of aryl methyl sites for hydroxylation is 1. The van der Waals surface area contributed by atoms with Gasteiger partial charge in [0.05, 0.1) is 36.6 Å². The van der Waals surface area contributed by atoms with Gasteiger partial charge in [-0.15, -0.1) is 0 Å². The summed E-state index contributed by atoms with van der Waals surface area (Å²) in [5.74, 6) is 0. The van der Waals surface area contributed by atoms with Crippen LogP contribution in [0.15, 0.2) is 29.1 Å². The zero-order chi connectivity index (χ0) is 17.0. The molecule has 0 aliphatic heterocycles. The molecule has 0 fully saturated rings. The predicted octanol–water partition coefficient (Wildman–Crippen LogP) is 0.783. The second kappa shape index (κ2) is 7.23. The van der Waals surface area contributed by atoms with Gasteiger partial charge in [-0.2, -0.15) is 0 Å². The Bertz CT molecular complexity index is 766. The first kappa shape index (κ1) is 17.0. The van der Waals surface area contributed by atoms with Crippen LogP contribution in [0.3, 0.4) is 0 Å². The Morgan fingerprint density at radius 3 is 2.52 bits per heavy atom. The molecular formula is C16H23N4O3+. The molecule has 0 bridgehead atoms. The molecule has 7 heteroatoms. The zero-order valence-corrected chi connectivity index (χ0v) is 13.8. The lowest BCUT2D eigenvalue weighted by atomic mass is 10.1. The van der Waals surface area contributed by atoms with Crippen molar-refractivity contribution >= 4 is 22.3 Å². The molecular weight excluding hydrogens is 296 g/mol. The van der Waals surface area contributed by atoms with Gasteiger partial charge < -0.3 is 14.8 Å². The van der Waals surface area contributed by atoms with Crippen LogP contribution in [0.2, 0.25) is 0 Å². The summed E-state index contributed by atoms with van der Waals surface area (Å²) >= 11 is 0. The van der Waals surface area contributed by atoms with Gasteiger partial charge in [0.2, 0.25) is 0 Å². The molecule has 0 amide bonds. The monoisotopic (exact) mass is 319 g/mol. The molecule has 0 spiro atoms. The third-order valence-corrected chi connectivity index (χ3v) is 4.24. The number of pyridine rings is 1. The van der Waals surface area contributed by atoms with E-state index in [-0.39, 0.29) is 5.69 Å². The third-order valence-electron chi connectivity index (χ3n) is 4.24. The van der Waals surface area contributed by atoms with Crippen molar-refractivity contribution in [1.29, 1.82) is 0 Å². The molecule has 7 nitrogen and oxygen atoms in total. The predicted molar refractivity (Wildman–Crippen MR) is 91.2 cm³/mol. The molecule has 0 unspecified atom stereocenters. The number of hydrogen-bond acceptors (Lipinski definition) is 4. The number of anilines is 1. The average Bonchev–Trinajstić information content (AvgIpc) is 2.55. The molecule has 0 saturated carbocycles. The second-order valence-corrected chi connectivity index (χ2v) is 5.50. The van der Waals surface area contributed by atoms with Crippen molar-refractivity contribution in [1.82, 2.24) is 4.57 Å². The van der Waals surface area contributed by atoms with Crippen molar-refractivity contribution in [2.75, 3.05) is 31.5 Å². The number of likely N-dealkylation sites (N-methyl/N-ethyl adjacent to an activating group) is 1. The Kier molecular flexibility index (Phi) is 5.33. The topological polar surface area (TPSA) is 81.6 Å². The van der Waals surface area contributed by atoms with Crippen LogP contribution in [0.25, 0.3) is 10.9 Å². The zero-order valence-electron chi connectivity index (χ0n) is 13.8. The van der Waals surface area contributed by atoms with Crippen LogP contribution in [0.4, 0.5) is 11.4 Å². The van der Waals surface area contributed by atoms with Crippen LogP contribution in [0.1, 0.15) is 13.8 Å². The minimum atomic E-state index is -0.596. The summed E-state index contributed by atoms with van der Waals surface area (Å²) in [5.41, 5.74) is 0.0215. The Morgan fingerprint density at radius 1 is 1.26 bits per heavy atom. The maximum absolute atomic E-state index is 12.3. The molecule has 2 aromatic rings. The number of rotatable bonds is 7. The van der Waals surface area contributed by atoms with Gasteiger partial charge in [0.1, 0.15) is 5.69 Å². The molecule has 0 atom stereocenters. The highest BCUT2D eigenvalue weighted by Gasteiger charge is 2.24. The molecule has 0 radical (unpaired) electrons. The molecule has 1 aromatic heterocycles. The minimum absolute atomic E-state index is 0.320. The number of nitrogens with zero attached hydrogens (tertiary/aromatic N) is 2. The first-order chi connectivity index (χ1) is 11.0. The number of nitrogens with one attached hydrogen (secondary N) is 2. The first-order valence-electron chi connectivity index (χ1n) is 7.84. The van der Waals surface area contributed by atoms with E-state index in [4.69, 9.17) is 0 Å². The molecule has 1 aromatic carbocycles. The van der Waals surface area contributed by atoms with E-state index in [1.54, 1.807) is 19.2 Å². The number of aromatic nitrogens is 1. The largest absolute Gasteiger partial charge is 0.373 e. The van der Waals surface area contributed by atoms with Crippen molar-refractivity contribution < 1.29 is 9.82 Å². The van der Waals surface area contributed by atoms with Gasteiger partial charge in [0.25, 0.3) is 0 Å². The van der Waals surface area contributed by atoms with Crippen LogP contribution in [-0.2, 0) is 7.05 Å². The molecule has 23 heavy (non-hydrogen) atoms. The quantitative estimate of drug-likeness (QED) is 0.584. The standard InChI is InChI=1S/C16H22N4O3/c1-4-19(5-2)11-10-17-14-12-8-6-7-9-13(12)18(3)16(21)15(14)20(22)23/h6-9,17H,4-5,10-11H2,1-3H3/p+1. The van der Waals surface area contributed by atoms with Crippen LogP contribution in [-0.4, -0.2) is 35.7 Å². The number of quaternary nitrogens is 1. The summed E-state index contributed by atoms with van der Waals surface area (Å²) in [6, 6.07) is 7.23. The maximum atomic E-state index is 12.3. The van der Waals surface area contributed by atoms with E-state index in [2.05, 4.69) is 19.2 Å². The van der Waals surface area contributed by atoms with E-state index in [0.29, 0.717) is 23.1 Å². The van der Waals surface area contributed by atoms with Crippen molar-refractivity contribution in [3.8, 4) is 0 Å². The van der Waals surface area contributed by atoms with Gasteiger partial charge in [-0.05, 0) is 19.9 Å². The Hall–Kier alpha value is -2.41. The van der Waals surface area contributed by atoms with E-state index in [1.807, 2.05) is 12.1 Å². The van der Waals surface area contributed by atoms with Gasteiger partial charge in [0.15, 0.2) is 0 Å². The van der Waals surface area contributed by atoms with E-state index in [1.165, 1.54) is 9.47 Å². The number of benzene rings is 1. The summed E-state index contributed by atoms with van der Waals surface area (Å²) < 4.78 is 1.33. The Balaban J connectivity index is 2.48. The van der Waals surface area contributed by atoms with E-state index >= 15 is 0 Å². The van der Waals surface area contributed by atoms with Crippen LogP contribution < -0.4 is 15.8 Å². The molecule has 1 heterocycles. The normalized spacial score (nSPS) is 11.1. The van der Waals surface area contributed by atoms with Gasteiger partial charge in [-0.3, -0.25) is 14.9 Å². The molecule has 0 aliphatic rings. The lowest BCUT2D eigenvalue weighted by Gasteiger charge is -2.17. The number of para-hydroxylation sites is 1. The summed E-state index contributed by atoms with van der Waals surface area (Å²) in [6.45, 7) is 7.63. The fourth-order valence-electron chi connectivity index (χ4n) is 2.80. The number of hydrogen-bond donors (Lipinski definition) is 2. The van der Waals surface area contributed by atoms with Gasteiger partial charge in [0, 0.05) is 12.4 Å². The maximum Gasteiger partial charge on any atom is 0.357 e. The Morgan fingerprint density at radius 2 is 1.91 bits per heavy atom. The summed E-state index contributed by atoms with van der Waals surface area (Å²) in [6.07, 6.45) is 0. The highest BCUT2D eigenvalue weighted by Crippen LogP contribution is 2.29. The fraction of sp³-hybridized carbons (Fsp3) is 0.438. The van der Waals surface area contributed by atoms with E-state index < -0.39 is 10.5 Å². The van der Waals surface area contributed by atoms with E-state index in [9.17, 15) is 14.9 Å². The number of fused-ring (bicyclic) bond motifs is 1. The first-order valence-corrected chi connectivity index (χ1v) is 7.84. The van der Waals surface area contributed by atoms with Crippen molar-refractivity contribution in [2.24, 2.45) is 7.05 Å². The Labute approximate surface area is 134 Å². The molecule has 2 rings (SSSR count). The summed E-state index contributed by atoms with van der Waals surface area (Å²) in [7, 11) is 1.56. The fourth-order valence-corrected chi connectivity index (χ4v) is 2.80. The third kappa shape index (κ3) is 3.34. The van der Waals surface area contributed by atoms with Crippen molar-refractivity contribution in [2.45, 2.75) is 13.8 Å². The summed E-state index contributed by atoms with van der Waals surface area (Å²) in [4.78, 5) is 24.5. The lowest BCUT2D eigenvalue weighted by Crippen LogP contribution is -3.12. The second-order valence-electron chi connectivity index (χ2n) is 5.50. The summed E-state index contributed by atoms with van der Waals surface area (Å²) in [5, 5.41) is 15.2. The van der Waals surface area contributed by atoms with Crippen LogP contribution >= 0.6 is 0 Å². The highest BCUT2D eigenvalue weighted by atomic mass is 16.6. The highest BCUT2D eigenvalue weighted by molar-refractivity contribution is 5.96. The van der Waals surface area contributed by atoms with Crippen molar-refractivity contribution in [3.05, 3.63) is 44.7 Å². The molecule has 2 N–H and O–H groups in total. The van der Waals surface area contributed by atoms with E-state index in [0.717, 1.165) is 19.6 Å². The van der Waals surface area contributed by atoms with Crippen LogP contribution in [0, 0.1) is 10.1 Å².